The topological polar surface area (TPSA) is 30.7 Å². The standard InChI is InChI=1S/C16H21F2NO2/c1-2-13-5-3-4-10-19(13)11-15(20)12-6-8-14(9-7-12)21-16(17)18/h6-9,13,16H,2-5,10-11H2,1H3/p+1/t13-/m1/s1. The second-order valence-electron chi connectivity index (χ2n) is 5.51. The minimum Gasteiger partial charge on any atom is -0.435 e. The molecule has 0 radical (unpaired) electrons. The van der Waals surface area contributed by atoms with Crippen molar-refractivity contribution in [1.82, 2.24) is 0 Å². The second-order valence-corrected chi connectivity index (χ2v) is 5.51. The molecule has 2 atom stereocenters. The predicted octanol–water partition coefficient (Wildman–Crippen LogP) is 2.32. The summed E-state index contributed by atoms with van der Waals surface area (Å²) >= 11 is 0. The molecular formula is C16H22F2NO2+. The highest BCUT2D eigenvalue weighted by atomic mass is 19.3. The molecule has 3 nitrogen and oxygen atoms in total. The lowest BCUT2D eigenvalue weighted by atomic mass is 9.99. The van der Waals surface area contributed by atoms with Gasteiger partial charge in [-0.25, -0.2) is 0 Å². The quantitative estimate of drug-likeness (QED) is 0.817. The van der Waals surface area contributed by atoms with Gasteiger partial charge in [0.05, 0.1) is 12.6 Å². The second kappa shape index (κ2) is 7.50. The van der Waals surface area contributed by atoms with Crippen molar-refractivity contribution in [1.29, 1.82) is 0 Å². The van der Waals surface area contributed by atoms with Gasteiger partial charge in [0.2, 0.25) is 5.78 Å². The average Bonchev–Trinajstić information content (AvgIpc) is 2.48. The molecule has 1 saturated heterocycles. The number of ether oxygens (including phenoxy) is 1. The summed E-state index contributed by atoms with van der Waals surface area (Å²) in [5, 5.41) is 0. The number of Topliss-reactive ketones (excluding diaryl/α,β-unsaturated/α-hetero) is 1. The summed E-state index contributed by atoms with van der Waals surface area (Å²) in [6.07, 6.45) is 4.68. The Morgan fingerprint density at radius 1 is 1.33 bits per heavy atom. The SMILES string of the molecule is CC[C@@H]1CCCC[NH+]1CC(=O)c1ccc(OC(F)F)cc1. The number of piperidine rings is 1. The van der Waals surface area contributed by atoms with Gasteiger partial charge in [0.1, 0.15) is 12.3 Å². The van der Waals surface area contributed by atoms with Gasteiger partial charge in [-0.15, -0.1) is 0 Å². The molecule has 0 spiro atoms. The summed E-state index contributed by atoms with van der Waals surface area (Å²) in [7, 11) is 0. The predicted molar refractivity (Wildman–Crippen MR) is 76.0 cm³/mol. The molecule has 0 amide bonds. The molecule has 1 N–H and O–H groups in total. The number of quaternary nitrogens is 1. The molecule has 2 rings (SSSR count). The molecule has 1 unspecified atom stereocenters. The van der Waals surface area contributed by atoms with Gasteiger partial charge < -0.3 is 9.64 Å². The highest BCUT2D eigenvalue weighted by molar-refractivity contribution is 5.96. The molecule has 116 valence electrons. The van der Waals surface area contributed by atoms with Gasteiger partial charge in [-0.2, -0.15) is 8.78 Å². The Hall–Kier alpha value is -1.49. The van der Waals surface area contributed by atoms with E-state index in [0.29, 0.717) is 18.2 Å². The first-order valence-corrected chi connectivity index (χ1v) is 7.52. The summed E-state index contributed by atoms with van der Waals surface area (Å²) in [5.74, 6) is 0.146. The number of rotatable bonds is 6. The van der Waals surface area contributed by atoms with Gasteiger partial charge in [0.15, 0.2) is 0 Å². The van der Waals surface area contributed by atoms with Crippen molar-refractivity contribution in [3.05, 3.63) is 29.8 Å². The van der Waals surface area contributed by atoms with Crippen LogP contribution in [0.25, 0.3) is 0 Å². The smallest absolute Gasteiger partial charge is 0.387 e. The highest BCUT2D eigenvalue weighted by Crippen LogP contribution is 2.15. The van der Waals surface area contributed by atoms with Gasteiger partial charge in [-0.05, 0) is 49.9 Å². The Morgan fingerprint density at radius 2 is 2.05 bits per heavy atom. The minimum absolute atomic E-state index is 0.0638. The molecule has 1 fully saturated rings. The number of hydrogen-bond acceptors (Lipinski definition) is 2. The molecule has 0 aromatic heterocycles. The van der Waals surface area contributed by atoms with Crippen molar-refractivity contribution in [2.24, 2.45) is 0 Å². The summed E-state index contributed by atoms with van der Waals surface area (Å²) in [6.45, 7) is 0.844. The molecule has 1 heterocycles. The average molecular weight is 298 g/mol. The van der Waals surface area contributed by atoms with E-state index in [0.717, 1.165) is 13.0 Å². The number of nitrogens with one attached hydrogen (secondary N) is 1. The van der Waals surface area contributed by atoms with Crippen molar-refractivity contribution in [2.75, 3.05) is 13.1 Å². The van der Waals surface area contributed by atoms with Gasteiger partial charge in [0.25, 0.3) is 0 Å². The third-order valence-corrected chi connectivity index (χ3v) is 4.16. The molecule has 1 aromatic carbocycles. The molecule has 0 bridgehead atoms. The van der Waals surface area contributed by atoms with E-state index in [9.17, 15) is 13.6 Å². The van der Waals surface area contributed by atoms with Gasteiger partial charge in [-0.1, -0.05) is 6.92 Å². The maximum Gasteiger partial charge on any atom is 0.387 e. The molecular weight excluding hydrogens is 276 g/mol. The third kappa shape index (κ3) is 4.49. The summed E-state index contributed by atoms with van der Waals surface area (Å²) in [4.78, 5) is 13.6. The largest absolute Gasteiger partial charge is 0.435 e. The number of likely N-dealkylation sites (tertiary alicyclic amines) is 1. The molecule has 5 heteroatoms. The first kappa shape index (κ1) is 15.9. The Labute approximate surface area is 123 Å². The monoisotopic (exact) mass is 298 g/mol. The molecule has 0 saturated carbocycles. The van der Waals surface area contributed by atoms with E-state index >= 15 is 0 Å². The van der Waals surface area contributed by atoms with Crippen LogP contribution in [0.15, 0.2) is 24.3 Å². The number of halogens is 2. The van der Waals surface area contributed by atoms with Gasteiger partial charge >= 0.3 is 6.61 Å². The van der Waals surface area contributed by atoms with Crippen LogP contribution in [0.5, 0.6) is 5.75 Å². The zero-order chi connectivity index (χ0) is 15.2. The van der Waals surface area contributed by atoms with E-state index in [1.807, 2.05) is 0 Å². The van der Waals surface area contributed by atoms with Crippen LogP contribution >= 0.6 is 0 Å². The molecule has 1 aliphatic heterocycles. The van der Waals surface area contributed by atoms with Crippen LogP contribution < -0.4 is 9.64 Å². The van der Waals surface area contributed by atoms with E-state index in [1.54, 1.807) is 12.1 Å². The van der Waals surface area contributed by atoms with Crippen molar-refractivity contribution < 1.29 is 23.2 Å². The van der Waals surface area contributed by atoms with Crippen LogP contribution in [0.3, 0.4) is 0 Å². The summed E-state index contributed by atoms with van der Waals surface area (Å²) < 4.78 is 28.4. The highest BCUT2D eigenvalue weighted by Gasteiger charge is 2.26. The summed E-state index contributed by atoms with van der Waals surface area (Å²) in [6, 6.07) is 6.52. The zero-order valence-electron chi connectivity index (χ0n) is 12.3. The molecule has 0 aliphatic carbocycles. The molecule has 1 aromatic rings. The number of carbonyl (C=O) groups is 1. The fourth-order valence-electron chi connectivity index (χ4n) is 3.01. The van der Waals surface area contributed by atoms with E-state index < -0.39 is 6.61 Å². The maximum atomic E-state index is 12.3. The van der Waals surface area contributed by atoms with E-state index in [4.69, 9.17) is 0 Å². The first-order valence-electron chi connectivity index (χ1n) is 7.52. The van der Waals surface area contributed by atoms with E-state index in [2.05, 4.69) is 11.7 Å². The zero-order valence-corrected chi connectivity index (χ0v) is 12.3. The van der Waals surface area contributed by atoms with E-state index in [-0.39, 0.29) is 11.5 Å². The number of alkyl halides is 2. The Morgan fingerprint density at radius 3 is 2.67 bits per heavy atom. The van der Waals surface area contributed by atoms with Crippen molar-refractivity contribution in [2.45, 2.75) is 45.3 Å². The Balaban J connectivity index is 1.96. The maximum absolute atomic E-state index is 12.3. The Bertz CT molecular complexity index is 462. The van der Waals surface area contributed by atoms with Gasteiger partial charge in [0, 0.05) is 5.56 Å². The molecule has 1 aliphatic rings. The molecule has 21 heavy (non-hydrogen) atoms. The first-order chi connectivity index (χ1) is 10.1. The third-order valence-electron chi connectivity index (χ3n) is 4.16. The number of ketones is 1. The number of hydrogen-bond donors (Lipinski definition) is 1. The lowest BCUT2D eigenvalue weighted by Crippen LogP contribution is -3.17. The van der Waals surface area contributed by atoms with Crippen LogP contribution in [0.1, 0.15) is 43.0 Å². The van der Waals surface area contributed by atoms with Crippen molar-refractivity contribution >= 4 is 5.78 Å². The van der Waals surface area contributed by atoms with Crippen LogP contribution in [0, 0.1) is 0 Å². The van der Waals surface area contributed by atoms with Crippen molar-refractivity contribution in [3.8, 4) is 5.75 Å². The Kier molecular flexibility index (Phi) is 5.67. The fourth-order valence-corrected chi connectivity index (χ4v) is 3.01. The van der Waals surface area contributed by atoms with Crippen molar-refractivity contribution in [3.63, 3.8) is 0 Å². The van der Waals surface area contributed by atoms with Crippen LogP contribution in [-0.2, 0) is 0 Å². The minimum atomic E-state index is -2.84. The lowest BCUT2D eigenvalue weighted by Gasteiger charge is -2.31. The number of carbonyl (C=O) groups excluding carboxylic acids is 1. The van der Waals surface area contributed by atoms with E-state index in [1.165, 1.54) is 36.3 Å². The fraction of sp³-hybridized carbons (Fsp3) is 0.562. The van der Waals surface area contributed by atoms with Crippen LogP contribution in [-0.4, -0.2) is 31.5 Å². The van der Waals surface area contributed by atoms with Gasteiger partial charge in [-0.3, -0.25) is 4.79 Å². The number of benzene rings is 1. The van der Waals surface area contributed by atoms with Crippen LogP contribution in [0.4, 0.5) is 8.78 Å². The normalized spacial score (nSPS) is 22.3. The lowest BCUT2D eigenvalue weighted by molar-refractivity contribution is -0.922. The van der Waals surface area contributed by atoms with Crippen LogP contribution in [0.2, 0.25) is 0 Å². The summed E-state index contributed by atoms with van der Waals surface area (Å²) in [5.41, 5.74) is 0.560.